The number of hydrogen-bond donors (Lipinski definition) is 2. The van der Waals surface area contributed by atoms with Crippen molar-refractivity contribution in [3.63, 3.8) is 0 Å². The minimum atomic E-state index is 0.0490. The number of rotatable bonds is 8. The first-order chi connectivity index (χ1) is 8.59. The van der Waals surface area contributed by atoms with E-state index in [0.29, 0.717) is 5.92 Å². The normalized spacial score (nSPS) is 11.1. The first-order valence-corrected chi connectivity index (χ1v) is 6.66. The minimum Gasteiger partial charge on any atom is -0.319 e. The summed E-state index contributed by atoms with van der Waals surface area (Å²) in [4.78, 5) is 11.4. The Bertz CT molecular complexity index is 398. The smallest absolute Gasteiger partial charge is 0.250 e. The second-order valence-electron chi connectivity index (χ2n) is 5.11. The highest BCUT2D eigenvalue weighted by Crippen LogP contribution is 1.93. The van der Waals surface area contributed by atoms with Crippen LogP contribution in [0.25, 0.3) is 0 Å². The van der Waals surface area contributed by atoms with Crippen LogP contribution in [0, 0.1) is 5.92 Å². The first kappa shape index (κ1) is 14.9. The highest BCUT2D eigenvalue weighted by atomic mass is 16.1. The van der Waals surface area contributed by atoms with Gasteiger partial charge in [0, 0.05) is 25.9 Å². The van der Waals surface area contributed by atoms with Gasteiger partial charge in [0.05, 0.1) is 0 Å². The second-order valence-corrected chi connectivity index (χ2v) is 5.11. The van der Waals surface area contributed by atoms with Gasteiger partial charge in [0.1, 0.15) is 0 Å². The van der Waals surface area contributed by atoms with Crippen LogP contribution in [0.4, 0.5) is 0 Å². The maximum absolute atomic E-state index is 11.4. The maximum Gasteiger partial charge on any atom is 0.250 e. The molecular weight excluding hydrogens is 226 g/mol. The third kappa shape index (κ3) is 5.98. The molecule has 0 fully saturated rings. The molecule has 0 radical (unpaired) electrons. The average molecular weight is 251 g/mol. The second kappa shape index (κ2) is 8.06. The fraction of sp³-hybridized carbons (Fsp3) is 0.643. The topological polar surface area (TPSA) is 46.1 Å². The van der Waals surface area contributed by atoms with Crippen LogP contribution in [0.15, 0.2) is 23.1 Å². The molecule has 0 atom stereocenters. The molecule has 0 saturated heterocycles. The first-order valence-electron chi connectivity index (χ1n) is 6.66. The van der Waals surface area contributed by atoms with Crippen LogP contribution in [0.1, 0.15) is 25.8 Å². The van der Waals surface area contributed by atoms with E-state index in [2.05, 4.69) is 24.5 Å². The molecule has 0 aliphatic rings. The molecule has 0 aliphatic carbocycles. The lowest BCUT2D eigenvalue weighted by Crippen LogP contribution is -2.25. The van der Waals surface area contributed by atoms with Gasteiger partial charge in [-0.05, 0) is 43.6 Å². The molecule has 0 aromatic carbocycles. The van der Waals surface area contributed by atoms with Crippen LogP contribution in [0.2, 0.25) is 0 Å². The standard InChI is InChI=1S/C14H25N3O/c1-12(2)10-15-6-4-7-16-11-13-5-8-17(3)14(18)9-13/h5,8-9,12,15-16H,4,6-7,10-11H2,1-3H3. The molecule has 1 heterocycles. The molecular formula is C14H25N3O. The Kier molecular flexibility index (Phi) is 6.68. The number of nitrogens with one attached hydrogen (secondary N) is 2. The van der Waals surface area contributed by atoms with E-state index >= 15 is 0 Å². The molecule has 0 amide bonds. The van der Waals surface area contributed by atoms with Crippen molar-refractivity contribution in [3.8, 4) is 0 Å². The summed E-state index contributed by atoms with van der Waals surface area (Å²) in [6.45, 7) is 8.28. The Balaban J connectivity index is 2.11. The van der Waals surface area contributed by atoms with Crippen LogP contribution in [0.3, 0.4) is 0 Å². The van der Waals surface area contributed by atoms with Gasteiger partial charge in [0.15, 0.2) is 0 Å². The van der Waals surface area contributed by atoms with Gasteiger partial charge in [-0.25, -0.2) is 0 Å². The molecule has 0 spiro atoms. The molecule has 18 heavy (non-hydrogen) atoms. The summed E-state index contributed by atoms with van der Waals surface area (Å²) >= 11 is 0. The Morgan fingerprint density at radius 2 is 2.00 bits per heavy atom. The van der Waals surface area contributed by atoms with Gasteiger partial charge in [-0.3, -0.25) is 4.79 Å². The van der Waals surface area contributed by atoms with Crippen molar-refractivity contribution >= 4 is 0 Å². The highest BCUT2D eigenvalue weighted by Gasteiger charge is 1.96. The summed E-state index contributed by atoms with van der Waals surface area (Å²) in [5, 5.41) is 6.76. The quantitative estimate of drug-likeness (QED) is 0.680. The summed E-state index contributed by atoms with van der Waals surface area (Å²) in [6.07, 6.45) is 2.92. The van der Waals surface area contributed by atoms with Crippen LogP contribution in [-0.2, 0) is 13.6 Å². The van der Waals surface area contributed by atoms with Crippen molar-refractivity contribution in [3.05, 3.63) is 34.2 Å². The number of nitrogens with zero attached hydrogens (tertiary/aromatic N) is 1. The molecule has 0 aliphatic heterocycles. The molecule has 4 nitrogen and oxygen atoms in total. The zero-order valence-electron chi connectivity index (χ0n) is 11.7. The van der Waals surface area contributed by atoms with E-state index in [1.165, 1.54) is 0 Å². The van der Waals surface area contributed by atoms with Crippen LogP contribution >= 0.6 is 0 Å². The molecule has 4 heteroatoms. The molecule has 1 rings (SSSR count). The Morgan fingerprint density at radius 1 is 1.28 bits per heavy atom. The molecule has 102 valence electrons. The number of pyridine rings is 1. The van der Waals surface area contributed by atoms with Crippen LogP contribution in [-0.4, -0.2) is 24.2 Å². The average Bonchev–Trinajstić information content (AvgIpc) is 2.32. The Labute approximate surface area is 109 Å². The Hall–Kier alpha value is -1.13. The van der Waals surface area contributed by atoms with Gasteiger partial charge in [-0.1, -0.05) is 13.8 Å². The maximum atomic E-state index is 11.4. The third-order valence-electron chi connectivity index (χ3n) is 2.76. The van der Waals surface area contributed by atoms with Gasteiger partial charge in [0.2, 0.25) is 0 Å². The van der Waals surface area contributed by atoms with Crippen molar-refractivity contribution in [2.24, 2.45) is 13.0 Å². The minimum absolute atomic E-state index is 0.0490. The van der Waals surface area contributed by atoms with E-state index in [4.69, 9.17) is 0 Å². The van der Waals surface area contributed by atoms with Crippen LogP contribution < -0.4 is 16.2 Å². The predicted octanol–water partition coefficient (Wildman–Crippen LogP) is 1.11. The van der Waals surface area contributed by atoms with E-state index in [9.17, 15) is 4.79 Å². The lowest BCUT2D eigenvalue weighted by molar-refractivity contribution is 0.530. The van der Waals surface area contributed by atoms with E-state index < -0.39 is 0 Å². The zero-order valence-corrected chi connectivity index (χ0v) is 11.7. The Morgan fingerprint density at radius 3 is 2.67 bits per heavy atom. The summed E-state index contributed by atoms with van der Waals surface area (Å²) in [5.41, 5.74) is 1.10. The van der Waals surface area contributed by atoms with E-state index in [1.54, 1.807) is 17.7 Å². The van der Waals surface area contributed by atoms with E-state index in [1.807, 2.05) is 12.3 Å². The lowest BCUT2D eigenvalue weighted by atomic mass is 10.2. The van der Waals surface area contributed by atoms with Crippen LogP contribution in [0.5, 0.6) is 0 Å². The number of aryl methyl sites for hydroxylation is 1. The summed E-state index contributed by atoms with van der Waals surface area (Å²) in [5.74, 6) is 0.707. The molecule has 0 bridgehead atoms. The third-order valence-corrected chi connectivity index (χ3v) is 2.76. The van der Waals surface area contributed by atoms with Gasteiger partial charge in [-0.2, -0.15) is 0 Å². The number of hydrogen-bond acceptors (Lipinski definition) is 3. The molecule has 1 aromatic heterocycles. The fourth-order valence-corrected chi connectivity index (χ4v) is 1.66. The highest BCUT2D eigenvalue weighted by molar-refractivity contribution is 5.10. The van der Waals surface area contributed by atoms with Gasteiger partial charge in [0.25, 0.3) is 5.56 Å². The van der Waals surface area contributed by atoms with Gasteiger partial charge >= 0.3 is 0 Å². The summed E-state index contributed by atoms with van der Waals surface area (Å²) in [7, 11) is 1.76. The molecule has 0 unspecified atom stereocenters. The van der Waals surface area contributed by atoms with Crippen molar-refractivity contribution in [2.75, 3.05) is 19.6 Å². The van der Waals surface area contributed by atoms with Crippen molar-refractivity contribution in [2.45, 2.75) is 26.8 Å². The monoisotopic (exact) mass is 251 g/mol. The SMILES string of the molecule is CC(C)CNCCCNCc1ccn(C)c(=O)c1. The van der Waals surface area contributed by atoms with Gasteiger partial charge in [-0.15, -0.1) is 0 Å². The molecule has 0 saturated carbocycles. The summed E-state index contributed by atoms with van der Waals surface area (Å²) in [6, 6.07) is 3.66. The largest absolute Gasteiger partial charge is 0.319 e. The summed E-state index contributed by atoms with van der Waals surface area (Å²) < 4.78 is 1.58. The molecule has 1 aromatic rings. The molecule has 2 N–H and O–H groups in total. The lowest BCUT2D eigenvalue weighted by Gasteiger charge is -2.08. The van der Waals surface area contributed by atoms with E-state index in [-0.39, 0.29) is 5.56 Å². The fourth-order valence-electron chi connectivity index (χ4n) is 1.66. The van der Waals surface area contributed by atoms with E-state index in [0.717, 1.165) is 38.2 Å². The van der Waals surface area contributed by atoms with Crippen molar-refractivity contribution < 1.29 is 0 Å². The zero-order chi connectivity index (χ0) is 13.4. The predicted molar refractivity (Wildman–Crippen MR) is 75.7 cm³/mol. The van der Waals surface area contributed by atoms with Crippen molar-refractivity contribution in [1.29, 1.82) is 0 Å². The van der Waals surface area contributed by atoms with Gasteiger partial charge < -0.3 is 15.2 Å². The van der Waals surface area contributed by atoms with Crippen molar-refractivity contribution in [1.82, 2.24) is 15.2 Å². The number of aromatic nitrogens is 1.